The van der Waals surface area contributed by atoms with Crippen LogP contribution in [0.25, 0.3) is 0 Å². The minimum Gasteiger partial charge on any atom is -0.344 e. The van der Waals surface area contributed by atoms with Gasteiger partial charge in [0, 0.05) is 38.8 Å². The normalized spacial score (nSPS) is 20.2. The first-order valence-electron chi connectivity index (χ1n) is 8.22. The lowest BCUT2D eigenvalue weighted by atomic mass is 9.80. The smallest absolute Gasteiger partial charge is 0.253 e. The number of hydrogen-bond donors (Lipinski definition) is 1. The molecule has 0 spiro atoms. The molecule has 0 saturated carbocycles. The molecule has 1 aromatic carbocycles. The van der Waals surface area contributed by atoms with Gasteiger partial charge in [-0.2, -0.15) is 0 Å². The second kappa shape index (κ2) is 9.04. The molecule has 0 bridgehead atoms. The zero-order valence-corrected chi connectivity index (χ0v) is 15.6. The third-order valence-electron chi connectivity index (χ3n) is 4.56. The van der Waals surface area contributed by atoms with Crippen molar-refractivity contribution >= 4 is 24.2 Å². The number of likely N-dealkylation sites (N-methyl/N-ethyl adjacent to an activating group) is 2. The lowest BCUT2D eigenvalue weighted by Crippen LogP contribution is -2.52. The average molecular weight is 354 g/mol. The summed E-state index contributed by atoms with van der Waals surface area (Å²) in [7, 11) is 3.71. The van der Waals surface area contributed by atoms with Gasteiger partial charge in [0.25, 0.3) is 5.91 Å². The van der Waals surface area contributed by atoms with E-state index in [0.29, 0.717) is 18.7 Å². The van der Waals surface area contributed by atoms with Gasteiger partial charge in [0.15, 0.2) is 0 Å². The summed E-state index contributed by atoms with van der Waals surface area (Å²) in [5.74, 6) is 0.139. The van der Waals surface area contributed by atoms with E-state index >= 15 is 0 Å². The lowest BCUT2D eigenvalue weighted by Gasteiger charge is -2.41. The molecule has 0 aliphatic carbocycles. The van der Waals surface area contributed by atoms with Crippen molar-refractivity contribution in [1.82, 2.24) is 15.1 Å². The molecular weight excluding hydrogens is 326 g/mol. The van der Waals surface area contributed by atoms with E-state index in [9.17, 15) is 9.59 Å². The Hall–Kier alpha value is -1.59. The molecule has 1 N–H and O–H groups in total. The van der Waals surface area contributed by atoms with E-state index in [2.05, 4.69) is 5.32 Å². The summed E-state index contributed by atoms with van der Waals surface area (Å²) in [6, 6.07) is 9.29. The zero-order chi connectivity index (χ0) is 16.9. The molecule has 1 aliphatic rings. The number of likely N-dealkylation sites (tertiary alicyclic amines) is 1. The highest BCUT2D eigenvalue weighted by Crippen LogP contribution is 2.32. The second-order valence-corrected chi connectivity index (χ2v) is 6.59. The number of nitrogens with zero attached hydrogens (tertiary/aromatic N) is 2. The Morgan fingerprint density at radius 3 is 2.58 bits per heavy atom. The molecule has 1 heterocycles. The molecule has 1 fully saturated rings. The molecule has 1 unspecified atom stereocenters. The van der Waals surface area contributed by atoms with Gasteiger partial charge in [0.05, 0.1) is 5.41 Å². The van der Waals surface area contributed by atoms with Crippen LogP contribution in [-0.4, -0.2) is 61.9 Å². The summed E-state index contributed by atoms with van der Waals surface area (Å²) in [5, 5.41) is 3.06. The molecule has 2 amide bonds. The van der Waals surface area contributed by atoms with Crippen molar-refractivity contribution < 1.29 is 9.59 Å². The maximum atomic E-state index is 12.8. The van der Waals surface area contributed by atoms with Crippen molar-refractivity contribution in [1.29, 1.82) is 0 Å². The van der Waals surface area contributed by atoms with Crippen molar-refractivity contribution in [2.45, 2.75) is 19.8 Å². The van der Waals surface area contributed by atoms with Crippen LogP contribution in [0.1, 0.15) is 30.1 Å². The molecule has 1 saturated heterocycles. The quantitative estimate of drug-likeness (QED) is 0.881. The van der Waals surface area contributed by atoms with Crippen molar-refractivity contribution in [3.8, 4) is 0 Å². The van der Waals surface area contributed by atoms with Gasteiger partial charge in [0.2, 0.25) is 5.91 Å². The number of carbonyl (C=O) groups is 2. The molecule has 134 valence electrons. The molecule has 6 heteroatoms. The van der Waals surface area contributed by atoms with Crippen LogP contribution in [0.3, 0.4) is 0 Å². The Morgan fingerprint density at radius 2 is 1.96 bits per heavy atom. The highest BCUT2D eigenvalue weighted by molar-refractivity contribution is 5.95. The molecule has 1 aromatic rings. The van der Waals surface area contributed by atoms with Gasteiger partial charge in [-0.05, 0) is 38.9 Å². The predicted octanol–water partition coefficient (Wildman–Crippen LogP) is 2.03. The molecular formula is C18H28ClN3O2. The predicted molar refractivity (Wildman–Crippen MR) is 98.5 cm³/mol. The van der Waals surface area contributed by atoms with Crippen LogP contribution >= 0.6 is 12.4 Å². The van der Waals surface area contributed by atoms with Crippen LogP contribution < -0.4 is 5.32 Å². The molecule has 1 aliphatic heterocycles. The van der Waals surface area contributed by atoms with Gasteiger partial charge in [-0.15, -0.1) is 12.4 Å². The monoisotopic (exact) mass is 353 g/mol. The Morgan fingerprint density at radius 1 is 1.29 bits per heavy atom. The highest BCUT2D eigenvalue weighted by Gasteiger charge is 2.40. The first-order chi connectivity index (χ1) is 11.0. The van der Waals surface area contributed by atoms with E-state index in [1.165, 1.54) is 0 Å². The third-order valence-corrected chi connectivity index (χ3v) is 4.56. The maximum Gasteiger partial charge on any atom is 0.253 e. The first kappa shape index (κ1) is 20.5. The highest BCUT2D eigenvalue weighted by atomic mass is 35.5. The molecule has 0 radical (unpaired) electrons. The minimum atomic E-state index is -0.495. The zero-order valence-electron chi connectivity index (χ0n) is 14.7. The number of carbonyl (C=O) groups excluding carboxylic acids is 2. The van der Waals surface area contributed by atoms with Crippen molar-refractivity contribution in [3.05, 3.63) is 35.9 Å². The number of halogens is 1. The molecule has 0 aromatic heterocycles. The number of hydrogen-bond acceptors (Lipinski definition) is 3. The first-order valence-corrected chi connectivity index (χ1v) is 8.22. The number of piperidine rings is 1. The van der Waals surface area contributed by atoms with Crippen molar-refractivity contribution in [2.24, 2.45) is 5.41 Å². The molecule has 5 nitrogen and oxygen atoms in total. The molecule has 1 atom stereocenters. The Bertz CT molecular complexity index is 552. The number of rotatable bonds is 5. The van der Waals surface area contributed by atoms with Crippen LogP contribution in [0.2, 0.25) is 0 Å². The topological polar surface area (TPSA) is 52.7 Å². The van der Waals surface area contributed by atoms with E-state index in [1.54, 1.807) is 4.90 Å². The van der Waals surface area contributed by atoms with Gasteiger partial charge >= 0.3 is 0 Å². The van der Waals surface area contributed by atoms with E-state index in [-0.39, 0.29) is 24.2 Å². The summed E-state index contributed by atoms with van der Waals surface area (Å²) in [6.07, 6.45) is 1.69. The minimum absolute atomic E-state index is 0. The second-order valence-electron chi connectivity index (χ2n) is 6.59. The van der Waals surface area contributed by atoms with Crippen LogP contribution in [0, 0.1) is 5.41 Å². The van der Waals surface area contributed by atoms with Crippen LogP contribution in [0.15, 0.2) is 30.3 Å². The lowest BCUT2D eigenvalue weighted by molar-refractivity contribution is -0.142. The van der Waals surface area contributed by atoms with Crippen molar-refractivity contribution in [3.63, 3.8) is 0 Å². The summed E-state index contributed by atoms with van der Waals surface area (Å²) >= 11 is 0. The summed E-state index contributed by atoms with van der Waals surface area (Å²) in [6.45, 7) is 4.64. The van der Waals surface area contributed by atoms with Crippen molar-refractivity contribution in [2.75, 3.05) is 40.3 Å². The van der Waals surface area contributed by atoms with Gasteiger partial charge in [-0.3, -0.25) is 9.59 Å². The van der Waals surface area contributed by atoms with Crippen LogP contribution in [-0.2, 0) is 4.79 Å². The summed E-state index contributed by atoms with van der Waals surface area (Å²) < 4.78 is 0. The van der Waals surface area contributed by atoms with Gasteiger partial charge in [-0.1, -0.05) is 18.2 Å². The van der Waals surface area contributed by atoms with Crippen LogP contribution in [0.4, 0.5) is 0 Å². The number of amides is 2. The fraction of sp³-hybridized carbons (Fsp3) is 0.556. The number of benzene rings is 1. The Kier molecular flexibility index (Phi) is 7.70. The third kappa shape index (κ3) is 4.71. The van der Waals surface area contributed by atoms with E-state index in [0.717, 1.165) is 25.9 Å². The van der Waals surface area contributed by atoms with Gasteiger partial charge in [-0.25, -0.2) is 0 Å². The van der Waals surface area contributed by atoms with Crippen LogP contribution in [0.5, 0.6) is 0 Å². The van der Waals surface area contributed by atoms with Gasteiger partial charge in [0.1, 0.15) is 0 Å². The fourth-order valence-corrected chi connectivity index (χ4v) is 3.19. The van der Waals surface area contributed by atoms with E-state index in [1.807, 2.05) is 56.3 Å². The summed E-state index contributed by atoms with van der Waals surface area (Å²) in [5.41, 5.74) is 0.193. The van der Waals surface area contributed by atoms with Gasteiger partial charge < -0.3 is 15.1 Å². The SMILES string of the molecule is CNCCN(C)C(=O)C1(C)CCCN(C(=O)c2ccccc2)C1.Cl. The molecule has 24 heavy (non-hydrogen) atoms. The molecule has 2 rings (SSSR count). The Labute approximate surface area is 150 Å². The van der Waals surface area contributed by atoms with E-state index in [4.69, 9.17) is 0 Å². The Balaban J connectivity index is 0.00000288. The average Bonchev–Trinajstić information content (AvgIpc) is 2.59. The maximum absolute atomic E-state index is 12.8. The standard InChI is InChI=1S/C18H27N3O2.ClH/c1-18(17(23)20(3)13-11-19-2)10-7-12-21(14-18)16(22)15-8-5-4-6-9-15;/h4-6,8-9,19H,7,10-14H2,1-3H3;1H. The number of nitrogens with one attached hydrogen (secondary N) is 1. The van der Waals surface area contributed by atoms with E-state index < -0.39 is 5.41 Å². The fourth-order valence-electron chi connectivity index (χ4n) is 3.19. The largest absolute Gasteiger partial charge is 0.344 e. The summed E-state index contributed by atoms with van der Waals surface area (Å²) in [4.78, 5) is 29.0.